The lowest BCUT2D eigenvalue weighted by molar-refractivity contribution is 0.272. The quantitative estimate of drug-likeness (QED) is 0.568. The molecule has 2 N–H and O–H groups in total. The van der Waals surface area contributed by atoms with Crippen molar-refractivity contribution in [2.45, 2.75) is 45.6 Å². The summed E-state index contributed by atoms with van der Waals surface area (Å²) in [7, 11) is 0. The zero-order chi connectivity index (χ0) is 20.4. The third kappa shape index (κ3) is 3.94. The first kappa shape index (κ1) is 19.4. The molecular weight excluding hydrogens is 386 g/mol. The Kier molecular flexibility index (Phi) is 5.46. The first-order valence-corrected chi connectivity index (χ1v) is 10.1. The molecule has 1 aromatic carbocycles. The summed E-state index contributed by atoms with van der Waals surface area (Å²) in [4.78, 5) is 4.51. The highest BCUT2D eigenvalue weighted by Gasteiger charge is 2.23. The van der Waals surface area contributed by atoms with Crippen LogP contribution >= 0.6 is 11.6 Å². The van der Waals surface area contributed by atoms with E-state index in [4.69, 9.17) is 26.5 Å². The summed E-state index contributed by atoms with van der Waals surface area (Å²) in [6, 6.07) is 11.5. The van der Waals surface area contributed by atoms with Gasteiger partial charge in [0.2, 0.25) is 0 Å². The molecule has 1 aliphatic rings. The van der Waals surface area contributed by atoms with E-state index in [2.05, 4.69) is 11.1 Å². The number of nitrogen functional groups attached to an aromatic ring is 1. The predicted octanol–water partition coefficient (Wildman–Crippen LogP) is 5.61. The Morgan fingerprint density at radius 1 is 1.21 bits per heavy atom. The molecule has 0 unspecified atom stereocenters. The molecule has 5 nitrogen and oxygen atoms in total. The fraction of sp³-hybridized carbons (Fsp3) is 0.304. The number of rotatable bonds is 4. The number of anilines is 1. The number of hydrogen-bond donors (Lipinski definition) is 1. The van der Waals surface area contributed by atoms with E-state index in [0.717, 1.165) is 60.2 Å². The van der Waals surface area contributed by atoms with Crippen LogP contribution in [0.4, 0.5) is 5.82 Å². The molecule has 2 aromatic heterocycles. The maximum absolute atomic E-state index is 9.69. The van der Waals surface area contributed by atoms with Crippen molar-refractivity contribution < 1.29 is 9.15 Å². The Bertz CT molecular complexity index is 1100. The van der Waals surface area contributed by atoms with Crippen LogP contribution in [-0.2, 0) is 19.4 Å². The fourth-order valence-electron chi connectivity index (χ4n) is 3.78. The summed E-state index contributed by atoms with van der Waals surface area (Å²) in [6.07, 6.45) is 5.06. The van der Waals surface area contributed by atoms with Crippen molar-refractivity contribution in [3.05, 3.63) is 63.5 Å². The molecule has 0 saturated carbocycles. The van der Waals surface area contributed by atoms with E-state index in [9.17, 15) is 5.26 Å². The summed E-state index contributed by atoms with van der Waals surface area (Å²) in [5.74, 6) is 2.31. The zero-order valence-electron chi connectivity index (χ0n) is 16.3. The number of ether oxygens (including phenoxy) is 1. The van der Waals surface area contributed by atoms with Crippen LogP contribution in [0.2, 0.25) is 5.02 Å². The Labute approximate surface area is 175 Å². The zero-order valence-corrected chi connectivity index (χ0v) is 17.1. The lowest BCUT2D eigenvalue weighted by Crippen LogP contribution is -2.06. The van der Waals surface area contributed by atoms with Crippen molar-refractivity contribution in [1.29, 1.82) is 5.26 Å². The third-order valence-electron chi connectivity index (χ3n) is 5.28. The van der Waals surface area contributed by atoms with Gasteiger partial charge >= 0.3 is 0 Å². The minimum absolute atomic E-state index is 0.272. The third-order valence-corrected chi connectivity index (χ3v) is 5.71. The van der Waals surface area contributed by atoms with Gasteiger partial charge in [-0.25, -0.2) is 4.98 Å². The smallest absolute Gasteiger partial charge is 0.146 e. The average Bonchev–Trinajstić information content (AvgIpc) is 3.05. The van der Waals surface area contributed by atoms with Crippen molar-refractivity contribution in [2.24, 2.45) is 0 Å². The van der Waals surface area contributed by atoms with Gasteiger partial charge in [0.25, 0.3) is 0 Å². The maximum atomic E-state index is 9.69. The minimum atomic E-state index is 0.272. The van der Waals surface area contributed by atoms with E-state index in [1.54, 1.807) is 0 Å². The Hall–Kier alpha value is -2.97. The Morgan fingerprint density at radius 3 is 2.83 bits per heavy atom. The number of pyridine rings is 1. The number of fused-ring (bicyclic) bond motifs is 1. The number of aromatic nitrogens is 1. The van der Waals surface area contributed by atoms with E-state index >= 15 is 0 Å². The number of nitrogens with two attached hydrogens (primary N) is 1. The lowest BCUT2D eigenvalue weighted by Gasteiger charge is -2.14. The van der Waals surface area contributed by atoms with Gasteiger partial charge in [-0.15, -0.1) is 0 Å². The Balaban J connectivity index is 1.64. The molecule has 0 radical (unpaired) electrons. The molecule has 148 valence electrons. The Morgan fingerprint density at radius 2 is 2.03 bits per heavy atom. The molecule has 3 aromatic rings. The largest absolute Gasteiger partial charge is 0.486 e. The summed E-state index contributed by atoms with van der Waals surface area (Å²) in [5.41, 5.74) is 10.3. The second-order valence-electron chi connectivity index (χ2n) is 7.31. The van der Waals surface area contributed by atoms with Crippen LogP contribution in [0.5, 0.6) is 5.75 Å². The summed E-state index contributed by atoms with van der Waals surface area (Å²) in [5, 5.41) is 10.4. The molecule has 2 heterocycles. The van der Waals surface area contributed by atoms with Crippen LogP contribution in [0.3, 0.4) is 0 Å². The van der Waals surface area contributed by atoms with Crippen LogP contribution in [-0.4, -0.2) is 4.98 Å². The second-order valence-corrected chi connectivity index (χ2v) is 7.72. The SMILES string of the molecule is Cc1cc(OCc2ccc(-c3c(C#N)c(N)nc4c3CCCCC4)o2)ccc1Cl. The standard InChI is InChI=1S/C23H22ClN3O2/c1-14-11-15(7-9-19(14)24)28-13-16-8-10-21(29-16)22-17-5-3-2-4-6-20(17)27-23(26)18(22)12-25/h7-11H,2-6,13H2,1H3,(H2,26,27). The van der Waals surface area contributed by atoms with Gasteiger partial charge in [-0.05, 0) is 74.1 Å². The predicted molar refractivity (Wildman–Crippen MR) is 113 cm³/mol. The molecule has 1 aliphatic carbocycles. The average molecular weight is 408 g/mol. The monoisotopic (exact) mass is 407 g/mol. The molecule has 6 heteroatoms. The maximum Gasteiger partial charge on any atom is 0.146 e. The van der Waals surface area contributed by atoms with E-state index in [1.165, 1.54) is 0 Å². The molecule has 4 rings (SSSR count). The normalized spacial score (nSPS) is 13.4. The van der Waals surface area contributed by atoms with Crippen molar-refractivity contribution in [3.63, 3.8) is 0 Å². The van der Waals surface area contributed by atoms with Crippen LogP contribution in [0, 0.1) is 18.3 Å². The molecule has 0 saturated heterocycles. The molecule has 0 atom stereocenters. The molecule has 0 aliphatic heterocycles. The van der Waals surface area contributed by atoms with Gasteiger partial charge < -0.3 is 14.9 Å². The highest BCUT2D eigenvalue weighted by molar-refractivity contribution is 6.31. The number of benzene rings is 1. The molecule has 29 heavy (non-hydrogen) atoms. The minimum Gasteiger partial charge on any atom is -0.486 e. The van der Waals surface area contributed by atoms with Crippen LogP contribution < -0.4 is 10.5 Å². The molecule has 0 bridgehead atoms. The molecular formula is C23H22ClN3O2. The number of nitrogens with zero attached hydrogens (tertiary/aromatic N) is 2. The van der Waals surface area contributed by atoms with Gasteiger partial charge in [-0.1, -0.05) is 18.0 Å². The van der Waals surface area contributed by atoms with Crippen molar-refractivity contribution in [3.8, 4) is 23.1 Å². The number of hydrogen-bond acceptors (Lipinski definition) is 5. The fourth-order valence-corrected chi connectivity index (χ4v) is 3.89. The van der Waals surface area contributed by atoms with Crippen LogP contribution in [0.1, 0.15) is 47.4 Å². The molecule has 0 spiro atoms. The second kappa shape index (κ2) is 8.18. The van der Waals surface area contributed by atoms with E-state index < -0.39 is 0 Å². The van der Waals surface area contributed by atoms with Crippen LogP contribution in [0.15, 0.2) is 34.7 Å². The van der Waals surface area contributed by atoms with Gasteiger partial charge in [0.15, 0.2) is 0 Å². The number of furan rings is 1. The number of nitriles is 1. The van der Waals surface area contributed by atoms with Crippen LogP contribution in [0.25, 0.3) is 11.3 Å². The number of halogens is 1. The van der Waals surface area contributed by atoms with E-state index in [1.807, 2.05) is 37.3 Å². The van der Waals surface area contributed by atoms with Crippen molar-refractivity contribution in [1.82, 2.24) is 4.98 Å². The summed E-state index contributed by atoms with van der Waals surface area (Å²) < 4.78 is 11.9. The molecule has 0 fully saturated rings. The topological polar surface area (TPSA) is 85.1 Å². The van der Waals surface area contributed by atoms with Gasteiger partial charge in [-0.3, -0.25) is 0 Å². The van der Waals surface area contributed by atoms with Gasteiger partial charge in [0.1, 0.15) is 41.3 Å². The first-order valence-electron chi connectivity index (χ1n) is 9.76. The number of aryl methyl sites for hydroxylation is 2. The first-order chi connectivity index (χ1) is 14.1. The highest BCUT2D eigenvalue weighted by atomic mass is 35.5. The van der Waals surface area contributed by atoms with Crippen molar-refractivity contribution >= 4 is 17.4 Å². The highest BCUT2D eigenvalue weighted by Crippen LogP contribution is 2.36. The van der Waals surface area contributed by atoms with E-state index in [0.29, 0.717) is 22.1 Å². The lowest BCUT2D eigenvalue weighted by atomic mass is 9.95. The van der Waals surface area contributed by atoms with Gasteiger partial charge in [0, 0.05) is 16.3 Å². The summed E-state index contributed by atoms with van der Waals surface area (Å²) >= 11 is 6.06. The van der Waals surface area contributed by atoms with Crippen molar-refractivity contribution in [2.75, 3.05) is 5.73 Å². The summed E-state index contributed by atoms with van der Waals surface area (Å²) in [6.45, 7) is 2.22. The van der Waals surface area contributed by atoms with E-state index in [-0.39, 0.29) is 12.4 Å². The van der Waals surface area contributed by atoms with Gasteiger partial charge in [-0.2, -0.15) is 5.26 Å². The van der Waals surface area contributed by atoms with Gasteiger partial charge in [0.05, 0.1) is 0 Å². The molecule has 0 amide bonds.